The lowest BCUT2D eigenvalue weighted by Crippen LogP contribution is -2.52. The number of benzene rings is 2. The van der Waals surface area contributed by atoms with Crippen LogP contribution in [0.1, 0.15) is 38.3 Å². The van der Waals surface area contributed by atoms with Crippen LogP contribution in [0.25, 0.3) is 0 Å². The summed E-state index contributed by atoms with van der Waals surface area (Å²) in [6.45, 7) is 7.71. The lowest BCUT2D eigenvalue weighted by molar-refractivity contribution is -0.140. The molecule has 1 N–H and O–H groups in total. The van der Waals surface area contributed by atoms with E-state index in [4.69, 9.17) is 11.6 Å². The van der Waals surface area contributed by atoms with Crippen molar-refractivity contribution in [2.75, 3.05) is 23.7 Å². The molecular weight excluding hydrogens is 474 g/mol. The Morgan fingerprint density at radius 2 is 1.68 bits per heavy atom. The Bertz CT molecular complexity index is 1100. The first-order valence-corrected chi connectivity index (χ1v) is 13.5. The number of amides is 2. The van der Waals surface area contributed by atoms with E-state index >= 15 is 0 Å². The van der Waals surface area contributed by atoms with Crippen LogP contribution >= 0.6 is 11.6 Å². The van der Waals surface area contributed by atoms with Crippen molar-refractivity contribution in [1.82, 2.24) is 10.2 Å². The maximum atomic E-state index is 13.6. The maximum absolute atomic E-state index is 13.6. The summed E-state index contributed by atoms with van der Waals surface area (Å²) in [4.78, 5) is 28.1. The molecule has 2 rings (SSSR count). The molecule has 2 aromatic carbocycles. The number of nitrogens with one attached hydrogen (secondary N) is 1. The number of anilines is 1. The molecule has 0 bridgehead atoms. The second-order valence-electron chi connectivity index (χ2n) is 8.73. The van der Waals surface area contributed by atoms with Crippen LogP contribution in [0.5, 0.6) is 0 Å². The SMILES string of the molecule is CC[C@H](C(=O)NCC(C)C)N(Cc1ccccc1Cl)C(=O)CN(c1ccccc1C)S(C)(=O)=O. The second kappa shape index (κ2) is 12.2. The standard InChI is InChI=1S/C25H34ClN3O4S/c1-6-22(25(31)27-15-18(2)3)28(16-20-12-8-9-13-21(20)26)24(30)17-29(34(5,32)33)23-14-10-7-11-19(23)4/h7-14,18,22H,6,15-17H2,1-5H3,(H,27,31)/t22-/m1/s1. The zero-order valence-electron chi connectivity index (χ0n) is 20.4. The lowest BCUT2D eigenvalue weighted by atomic mass is 10.1. The molecule has 0 radical (unpaired) electrons. The fourth-order valence-corrected chi connectivity index (χ4v) is 4.69. The zero-order valence-corrected chi connectivity index (χ0v) is 22.0. The van der Waals surface area contributed by atoms with Crippen LogP contribution in [-0.2, 0) is 26.2 Å². The van der Waals surface area contributed by atoms with Gasteiger partial charge < -0.3 is 10.2 Å². The minimum atomic E-state index is -3.76. The van der Waals surface area contributed by atoms with Crippen LogP contribution in [0.15, 0.2) is 48.5 Å². The van der Waals surface area contributed by atoms with Crippen molar-refractivity contribution in [1.29, 1.82) is 0 Å². The minimum absolute atomic E-state index is 0.0808. The summed E-state index contributed by atoms with van der Waals surface area (Å²) in [7, 11) is -3.76. The van der Waals surface area contributed by atoms with Gasteiger partial charge in [0, 0.05) is 18.1 Å². The summed E-state index contributed by atoms with van der Waals surface area (Å²) in [5, 5.41) is 3.36. The normalized spacial score (nSPS) is 12.3. The maximum Gasteiger partial charge on any atom is 0.244 e. The highest BCUT2D eigenvalue weighted by Gasteiger charge is 2.32. The van der Waals surface area contributed by atoms with Gasteiger partial charge in [0.1, 0.15) is 12.6 Å². The molecule has 34 heavy (non-hydrogen) atoms. The number of nitrogens with zero attached hydrogens (tertiary/aromatic N) is 2. The first-order chi connectivity index (χ1) is 16.0. The van der Waals surface area contributed by atoms with E-state index in [0.717, 1.165) is 16.1 Å². The summed E-state index contributed by atoms with van der Waals surface area (Å²) in [6, 6.07) is 13.3. The fraction of sp³-hybridized carbons (Fsp3) is 0.440. The van der Waals surface area contributed by atoms with Gasteiger partial charge >= 0.3 is 0 Å². The molecule has 0 saturated carbocycles. The Kier molecular flexibility index (Phi) is 9.94. The molecule has 7 nitrogen and oxygen atoms in total. The van der Waals surface area contributed by atoms with Crippen molar-refractivity contribution in [3.8, 4) is 0 Å². The molecule has 0 fully saturated rings. The molecular formula is C25H34ClN3O4S. The Labute approximate surface area is 208 Å². The van der Waals surface area contributed by atoms with Gasteiger partial charge in [-0.25, -0.2) is 8.42 Å². The smallest absolute Gasteiger partial charge is 0.244 e. The number of carbonyl (C=O) groups excluding carboxylic acids is 2. The molecule has 0 spiro atoms. The molecule has 0 unspecified atom stereocenters. The van der Waals surface area contributed by atoms with Crippen molar-refractivity contribution in [3.63, 3.8) is 0 Å². The van der Waals surface area contributed by atoms with Crippen LogP contribution in [0.3, 0.4) is 0 Å². The summed E-state index contributed by atoms with van der Waals surface area (Å²) in [6.07, 6.45) is 1.43. The zero-order chi connectivity index (χ0) is 25.5. The number of hydrogen-bond donors (Lipinski definition) is 1. The van der Waals surface area contributed by atoms with Crippen molar-refractivity contribution in [2.24, 2.45) is 5.92 Å². The third-order valence-corrected chi connectivity index (χ3v) is 6.93. The molecule has 0 aromatic heterocycles. The van der Waals surface area contributed by atoms with Crippen molar-refractivity contribution >= 4 is 39.1 Å². The molecule has 1 atom stereocenters. The van der Waals surface area contributed by atoms with Gasteiger partial charge in [-0.15, -0.1) is 0 Å². The Balaban J connectivity index is 2.45. The van der Waals surface area contributed by atoms with Crippen LogP contribution in [0.2, 0.25) is 5.02 Å². The molecule has 0 aliphatic rings. The Morgan fingerprint density at radius 1 is 1.06 bits per heavy atom. The number of hydrogen-bond acceptors (Lipinski definition) is 4. The van der Waals surface area contributed by atoms with Gasteiger partial charge in [-0.05, 0) is 42.5 Å². The van der Waals surface area contributed by atoms with Gasteiger partial charge in [0.25, 0.3) is 0 Å². The van der Waals surface area contributed by atoms with Gasteiger partial charge in [0.2, 0.25) is 21.8 Å². The van der Waals surface area contributed by atoms with E-state index in [0.29, 0.717) is 29.2 Å². The van der Waals surface area contributed by atoms with Gasteiger partial charge in [-0.3, -0.25) is 13.9 Å². The predicted octanol–water partition coefficient (Wildman–Crippen LogP) is 3.99. The van der Waals surface area contributed by atoms with Crippen LogP contribution in [0, 0.1) is 12.8 Å². The van der Waals surface area contributed by atoms with E-state index in [2.05, 4.69) is 5.32 Å². The summed E-state index contributed by atoms with van der Waals surface area (Å²) in [5.41, 5.74) is 1.82. The highest BCUT2D eigenvalue weighted by atomic mass is 35.5. The third kappa shape index (κ3) is 7.46. The molecule has 0 saturated heterocycles. The highest BCUT2D eigenvalue weighted by molar-refractivity contribution is 7.92. The van der Waals surface area contributed by atoms with E-state index in [1.165, 1.54) is 4.90 Å². The topological polar surface area (TPSA) is 86.8 Å². The molecule has 0 heterocycles. The van der Waals surface area contributed by atoms with Gasteiger partial charge in [0.05, 0.1) is 11.9 Å². The fourth-order valence-electron chi connectivity index (χ4n) is 3.59. The molecule has 0 aliphatic heterocycles. The number of para-hydroxylation sites is 1. The van der Waals surface area contributed by atoms with Crippen molar-refractivity contribution in [3.05, 3.63) is 64.7 Å². The summed E-state index contributed by atoms with van der Waals surface area (Å²) >= 11 is 6.35. The number of halogens is 1. The van der Waals surface area contributed by atoms with E-state index in [9.17, 15) is 18.0 Å². The molecule has 0 aliphatic carbocycles. The summed E-state index contributed by atoms with van der Waals surface area (Å²) < 4.78 is 26.4. The molecule has 9 heteroatoms. The quantitative estimate of drug-likeness (QED) is 0.498. The lowest BCUT2D eigenvalue weighted by Gasteiger charge is -2.33. The average Bonchev–Trinajstić information content (AvgIpc) is 2.76. The number of rotatable bonds is 11. The first kappa shape index (κ1) is 27.7. The van der Waals surface area contributed by atoms with Gasteiger partial charge in [0.15, 0.2) is 0 Å². The predicted molar refractivity (Wildman–Crippen MR) is 137 cm³/mol. The number of sulfonamides is 1. The second-order valence-corrected chi connectivity index (χ2v) is 11.0. The van der Waals surface area contributed by atoms with Crippen LogP contribution < -0.4 is 9.62 Å². The van der Waals surface area contributed by atoms with E-state index in [1.54, 1.807) is 55.5 Å². The van der Waals surface area contributed by atoms with Crippen LogP contribution in [0.4, 0.5) is 5.69 Å². The number of aryl methyl sites for hydroxylation is 1. The monoisotopic (exact) mass is 507 g/mol. The van der Waals surface area contributed by atoms with Crippen molar-refractivity contribution < 1.29 is 18.0 Å². The van der Waals surface area contributed by atoms with Crippen molar-refractivity contribution in [2.45, 2.75) is 46.7 Å². The Hall–Kier alpha value is -2.58. The van der Waals surface area contributed by atoms with E-state index in [1.807, 2.05) is 20.8 Å². The summed E-state index contributed by atoms with van der Waals surface area (Å²) in [5.74, 6) is -0.519. The first-order valence-electron chi connectivity index (χ1n) is 11.3. The third-order valence-electron chi connectivity index (χ3n) is 5.43. The molecule has 186 valence electrons. The highest BCUT2D eigenvalue weighted by Crippen LogP contribution is 2.24. The Morgan fingerprint density at radius 3 is 2.24 bits per heavy atom. The van der Waals surface area contributed by atoms with Gasteiger partial charge in [-0.2, -0.15) is 0 Å². The van der Waals surface area contributed by atoms with Crippen LogP contribution in [-0.4, -0.2) is 50.5 Å². The average molecular weight is 508 g/mol. The van der Waals surface area contributed by atoms with E-state index in [-0.39, 0.29) is 18.4 Å². The van der Waals surface area contributed by atoms with Gasteiger partial charge in [-0.1, -0.05) is 68.8 Å². The number of carbonyl (C=O) groups is 2. The minimum Gasteiger partial charge on any atom is -0.354 e. The largest absolute Gasteiger partial charge is 0.354 e. The van der Waals surface area contributed by atoms with E-state index < -0.39 is 28.5 Å². The molecule has 2 amide bonds. The molecule has 2 aromatic rings.